The molecule has 1 unspecified atom stereocenters. The van der Waals surface area contributed by atoms with Crippen molar-refractivity contribution in [3.05, 3.63) is 30.0 Å². The zero-order chi connectivity index (χ0) is 10.1. The molecule has 14 heavy (non-hydrogen) atoms. The minimum Gasteiger partial charge on any atom is -0.399 e. The van der Waals surface area contributed by atoms with Crippen LogP contribution < -0.4 is 5.73 Å². The maximum absolute atomic E-state index is 9.02. The average molecular weight is 190 g/mol. The average Bonchev–Trinajstić information content (AvgIpc) is 2.59. The normalized spacial score (nSPS) is 13.3. The van der Waals surface area contributed by atoms with Crippen LogP contribution in [0, 0.1) is 0 Å². The molecule has 0 saturated carbocycles. The van der Waals surface area contributed by atoms with Gasteiger partial charge in [0.1, 0.15) is 0 Å². The van der Waals surface area contributed by atoms with Gasteiger partial charge in [-0.3, -0.25) is 0 Å². The van der Waals surface area contributed by atoms with Gasteiger partial charge in [-0.2, -0.15) is 0 Å². The van der Waals surface area contributed by atoms with Crippen molar-refractivity contribution >= 4 is 16.6 Å². The van der Waals surface area contributed by atoms with E-state index in [1.165, 1.54) is 0 Å². The summed E-state index contributed by atoms with van der Waals surface area (Å²) < 4.78 is 0. The molecule has 1 heterocycles. The number of aromatic amines is 1. The van der Waals surface area contributed by atoms with Crippen molar-refractivity contribution in [2.45, 2.75) is 12.8 Å². The number of benzene rings is 1. The molecule has 0 fully saturated rings. The lowest BCUT2D eigenvalue weighted by Crippen LogP contribution is -1.98. The van der Waals surface area contributed by atoms with Gasteiger partial charge >= 0.3 is 0 Å². The Labute approximate surface area is 82.6 Å². The van der Waals surface area contributed by atoms with Crippen molar-refractivity contribution in [3.63, 3.8) is 0 Å². The van der Waals surface area contributed by atoms with Gasteiger partial charge in [-0.25, -0.2) is 0 Å². The van der Waals surface area contributed by atoms with E-state index < -0.39 is 0 Å². The minimum atomic E-state index is 0.142. The van der Waals surface area contributed by atoms with E-state index in [9.17, 15) is 0 Å². The molecular formula is C11H14N2O. The van der Waals surface area contributed by atoms with E-state index in [2.05, 4.69) is 4.98 Å². The fraction of sp³-hybridized carbons (Fsp3) is 0.273. The predicted octanol–water partition coefficient (Wildman–Crippen LogP) is 1.85. The number of hydrogen-bond acceptors (Lipinski definition) is 2. The summed E-state index contributed by atoms with van der Waals surface area (Å²) in [6.07, 6.45) is 0. The fourth-order valence-electron chi connectivity index (χ4n) is 1.54. The van der Waals surface area contributed by atoms with E-state index in [0.29, 0.717) is 0 Å². The highest BCUT2D eigenvalue weighted by atomic mass is 16.3. The Balaban J connectivity index is 2.51. The molecule has 2 aromatic rings. The molecular weight excluding hydrogens is 176 g/mol. The standard InChI is InChI=1S/C11H14N2O/c1-7(6-14)11-5-8-4-9(12)2-3-10(8)13-11/h2-5,7,13-14H,6,12H2,1H3. The van der Waals surface area contributed by atoms with Crippen LogP contribution in [0.5, 0.6) is 0 Å². The van der Waals surface area contributed by atoms with E-state index in [-0.39, 0.29) is 12.5 Å². The Bertz CT molecular complexity index is 447. The molecule has 3 heteroatoms. The first-order valence-corrected chi connectivity index (χ1v) is 4.69. The first kappa shape index (κ1) is 9.09. The lowest BCUT2D eigenvalue weighted by Gasteiger charge is -2.02. The number of aliphatic hydroxyl groups is 1. The van der Waals surface area contributed by atoms with Gasteiger partial charge in [-0.1, -0.05) is 6.92 Å². The second-order valence-corrected chi connectivity index (χ2v) is 3.65. The van der Waals surface area contributed by atoms with Gasteiger partial charge in [-0.15, -0.1) is 0 Å². The number of aromatic nitrogens is 1. The molecule has 0 aliphatic carbocycles. The number of hydrogen-bond donors (Lipinski definition) is 3. The molecule has 0 bridgehead atoms. The molecule has 1 atom stereocenters. The molecule has 4 N–H and O–H groups in total. The minimum absolute atomic E-state index is 0.142. The molecule has 0 aliphatic rings. The van der Waals surface area contributed by atoms with E-state index in [4.69, 9.17) is 10.8 Å². The van der Waals surface area contributed by atoms with Crippen LogP contribution in [0.25, 0.3) is 10.9 Å². The lowest BCUT2D eigenvalue weighted by molar-refractivity contribution is 0.271. The van der Waals surface area contributed by atoms with Crippen LogP contribution in [0.2, 0.25) is 0 Å². The Morgan fingerprint density at radius 1 is 1.43 bits per heavy atom. The first-order chi connectivity index (χ1) is 6.70. The molecule has 1 aromatic carbocycles. The summed E-state index contributed by atoms with van der Waals surface area (Å²) in [5, 5.41) is 10.1. The molecule has 74 valence electrons. The largest absolute Gasteiger partial charge is 0.399 e. The summed E-state index contributed by atoms with van der Waals surface area (Å²) in [6, 6.07) is 7.79. The molecule has 0 amide bonds. The van der Waals surface area contributed by atoms with Gasteiger partial charge in [0, 0.05) is 28.2 Å². The second kappa shape index (κ2) is 3.35. The number of H-pyrrole nitrogens is 1. The lowest BCUT2D eigenvalue weighted by atomic mass is 10.1. The van der Waals surface area contributed by atoms with Crippen LogP contribution in [-0.4, -0.2) is 16.7 Å². The van der Waals surface area contributed by atoms with Crippen LogP contribution in [0.4, 0.5) is 5.69 Å². The Hall–Kier alpha value is -1.48. The predicted molar refractivity (Wildman–Crippen MR) is 58.2 cm³/mol. The van der Waals surface area contributed by atoms with Crippen LogP contribution in [0.1, 0.15) is 18.5 Å². The van der Waals surface area contributed by atoms with Crippen molar-refractivity contribution < 1.29 is 5.11 Å². The number of aliphatic hydroxyl groups excluding tert-OH is 1. The second-order valence-electron chi connectivity index (χ2n) is 3.65. The highest BCUT2D eigenvalue weighted by molar-refractivity contribution is 5.83. The smallest absolute Gasteiger partial charge is 0.0511 e. The fourth-order valence-corrected chi connectivity index (χ4v) is 1.54. The van der Waals surface area contributed by atoms with Crippen molar-refractivity contribution in [1.29, 1.82) is 0 Å². The summed E-state index contributed by atoms with van der Waals surface area (Å²) in [7, 11) is 0. The number of rotatable bonds is 2. The van der Waals surface area contributed by atoms with E-state index in [1.54, 1.807) is 0 Å². The van der Waals surface area contributed by atoms with Crippen molar-refractivity contribution in [3.8, 4) is 0 Å². The number of anilines is 1. The number of nitrogens with two attached hydrogens (primary N) is 1. The zero-order valence-corrected chi connectivity index (χ0v) is 8.12. The van der Waals surface area contributed by atoms with Gasteiger partial charge in [0.2, 0.25) is 0 Å². The van der Waals surface area contributed by atoms with Crippen LogP contribution in [0.15, 0.2) is 24.3 Å². The van der Waals surface area contributed by atoms with Crippen LogP contribution in [-0.2, 0) is 0 Å². The van der Waals surface area contributed by atoms with E-state index >= 15 is 0 Å². The molecule has 0 radical (unpaired) electrons. The summed E-state index contributed by atoms with van der Waals surface area (Å²) in [5.74, 6) is 0.142. The maximum Gasteiger partial charge on any atom is 0.0511 e. The van der Waals surface area contributed by atoms with Crippen molar-refractivity contribution in [2.75, 3.05) is 12.3 Å². The van der Waals surface area contributed by atoms with Gasteiger partial charge in [-0.05, 0) is 24.3 Å². The van der Waals surface area contributed by atoms with Gasteiger partial charge < -0.3 is 15.8 Å². The highest BCUT2D eigenvalue weighted by Crippen LogP contribution is 2.22. The number of nitrogens with one attached hydrogen (secondary N) is 1. The van der Waals surface area contributed by atoms with Crippen LogP contribution in [0.3, 0.4) is 0 Å². The SMILES string of the molecule is CC(CO)c1cc2cc(N)ccc2[nH]1. The zero-order valence-electron chi connectivity index (χ0n) is 8.12. The highest BCUT2D eigenvalue weighted by Gasteiger charge is 2.07. The molecule has 0 saturated heterocycles. The number of fused-ring (bicyclic) bond motifs is 1. The van der Waals surface area contributed by atoms with Crippen LogP contribution >= 0.6 is 0 Å². The molecule has 3 nitrogen and oxygen atoms in total. The Morgan fingerprint density at radius 3 is 2.93 bits per heavy atom. The molecule has 2 rings (SSSR count). The van der Waals surface area contributed by atoms with Gasteiger partial charge in [0.25, 0.3) is 0 Å². The molecule has 0 spiro atoms. The molecule has 0 aliphatic heterocycles. The summed E-state index contributed by atoms with van der Waals surface area (Å²) >= 11 is 0. The van der Waals surface area contributed by atoms with Gasteiger partial charge in [0.05, 0.1) is 6.61 Å². The van der Waals surface area contributed by atoms with Crippen molar-refractivity contribution in [2.24, 2.45) is 0 Å². The summed E-state index contributed by atoms with van der Waals surface area (Å²) in [4.78, 5) is 3.26. The Kier molecular flexibility index (Phi) is 2.17. The third-order valence-electron chi connectivity index (χ3n) is 2.47. The summed E-state index contributed by atoms with van der Waals surface area (Å²) in [5.41, 5.74) is 8.56. The maximum atomic E-state index is 9.02. The summed E-state index contributed by atoms with van der Waals surface area (Å²) in [6.45, 7) is 2.14. The van der Waals surface area contributed by atoms with Crippen molar-refractivity contribution in [1.82, 2.24) is 4.98 Å². The third-order valence-corrected chi connectivity index (χ3v) is 2.47. The Morgan fingerprint density at radius 2 is 2.21 bits per heavy atom. The first-order valence-electron chi connectivity index (χ1n) is 4.69. The number of nitrogen functional groups attached to an aromatic ring is 1. The van der Waals surface area contributed by atoms with Gasteiger partial charge in [0.15, 0.2) is 0 Å². The van der Waals surface area contributed by atoms with E-state index in [1.807, 2.05) is 31.2 Å². The molecule has 1 aromatic heterocycles. The third kappa shape index (κ3) is 1.46. The monoisotopic (exact) mass is 190 g/mol. The topological polar surface area (TPSA) is 62.0 Å². The quantitative estimate of drug-likeness (QED) is 0.633. The van der Waals surface area contributed by atoms with E-state index in [0.717, 1.165) is 22.3 Å².